The minimum Gasteiger partial charge on any atom is -0.494 e. The molecule has 0 atom stereocenters. The van der Waals surface area contributed by atoms with Gasteiger partial charge in [-0.3, -0.25) is 0 Å². The van der Waals surface area contributed by atoms with Crippen LogP contribution in [0.5, 0.6) is 5.75 Å². The van der Waals surface area contributed by atoms with Crippen LogP contribution in [-0.4, -0.2) is 36.8 Å². The van der Waals surface area contributed by atoms with E-state index in [1.807, 2.05) is 19.1 Å². The summed E-state index contributed by atoms with van der Waals surface area (Å²) in [5.41, 5.74) is 1.33. The molecule has 1 N–H and O–H groups in total. The maximum Gasteiger partial charge on any atom is 0.119 e. The van der Waals surface area contributed by atoms with E-state index in [4.69, 9.17) is 9.84 Å². The van der Waals surface area contributed by atoms with E-state index in [1.165, 1.54) is 24.8 Å². The van der Waals surface area contributed by atoms with Crippen LogP contribution in [-0.2, 0) is 6.54 Å². The van der Waals surface area contributed by atoms with Gasteiger partial charge in [0.05, 0.1) is 6.61 Å². The highest BCUT2D eigenvalue weighted by atomic mass is 16.5. The Balaban J connectivity index is 2.16. The molecule has 0 amide bonds. The molecule has 3 heteroatoms. The first-order valence-electron chi connectivity index (χ1n) is 7.77. The van der Waals surface area contributed by atoms with Gasteiger partial charge in [-0.1, -0.05) is 31.4 Å². The van der Waals surface area contributed by atoms with E-state index in [0.29, 0.717) is 6.61 Å². The van der Waals surface area contributed by atoms with Crippen molar-refractivity contribution in [3.05, 3.63) is 29.8 Å². The number of rotatable bonds is 11. The first kappa shape index (κ1) is 17.0. The van der Waals surface area contributed by atoms with Crippen molar-refractivity contribution < 1.29 is 9.84 Å². The van der Waals surface area contributed by atoms with Gasteiger partial charge >= 0.3 is 0 Å². The standard InChI is InChI=1S/C17H29NO2/c1-3-20-17-11-9-16(10-12-17)15-18(2)13-7-5-4-6-8-14-19/h9-12,19H,3-8,13-15H2,1-2H3. The van der Waals surface area contributed by atoms with Gasteiger partial charge in [0.15, 0.2) is 0 Å². The molecule has 114 valence electrons. The zero-order valence-electron chi connectivity index (χ0n) is 13.0. The average Bonchev–Trinajstić information content (AvgIpc) is 2.45. The number of unbranched alkanes of at least 4 members (excludes halogenated alkanes) is 4. The van der Waals surface area contributed by atoms with Gasteiger partial charge in [-0.2, -0.15) is 0 Å². The monoisotopic (exact) mass is 279 g/mol. The average molecular weight is 279 g/mol. The summed E-state index contributed by atoms with van der Waals surface area (Å²) >= 11 is 0. The molecule has 1 rings (SSSR count). The van der Waals surface area contributed by atoms with Crippen molar-refractivity contribution in [3.63, 3.8) is 0 Å². The summed E-state index contributed by atoms with van der Waals surface area (Å²) in [6.07, 6.45) is 5.82. The van der Waals surface area contributed by atoms with Gasteiger partial charge in [-0.15, -0.1) is 0 Å². The number of hydrogen-bond acceptors (Lipinski definition) is 3. The van der Waals surface area contributed by atoms with E-state index in [0.717, 1.165) is 38.3 Å². The molecule has 0 unspecified atom stereocenters. The summed E-state index contributed by atoms with van der Waals surface area (Å²) < 4.78 is 5.45. The molecular formula is C17H29NO2. The van der Waals surface area contributed by atoms with Crippen molar-refractivity contribution in [2.45, 2.75) is 45.6 Å². The summed E-state index contributed by atoms with van der Waals surface area (Å²) in [7, 11) is 2.17. The molecule has 0 spiro atoms. The Kier molecular flexibility index (Phi) is 9.09. The zero-order chi connectivity index (χ0) is 14.6. The summed E-state index contributed by atoms with van der Waals surface area (Å²) in [4.78, 5) is 2.36. The summed E-state index contributed by atoms with van der Waals surface area (Å²) in [6.45, 7) is 5.17. The number of aliphatic hydroxyl groups is 1. The predicted octanol–water partition coefficient (Wildman–Crippen LogP) is 3.46. The van der Waals surface area contributed by atoms with Crippen LogP contribution in [0.25, 0.3) is 0 Å². The molecule has 0 saturated carbocycles. The highest BCUT2D eigenvalue weighted by Crippen LogP contribution is 2.13. The fraction of sp³-hybridized carbons (Fsp3) is 0.647. The Labute approximate surface area is 123 Å². The number of aliphatic hydroxyl groups excluding tert-OH is 1. The molecule has 0 aromatic heterocycles. The minimum absolute atomic E-state index is 0.331. The van der Waals surface area contributed by atoms with Gasteiger partial charge in [-0.05, 0) is 51.1 Å². The fourth-order valence-corrected chi connectivity index (χ4v) is 2.27. The van der Waals surface area contributed by atoms with Gasteiger partial charge in [-0.25, -0.2) is 0 Å². The second-order valence-electron chi connectivity index (χ2n) is 5.31. The summed E-state index contributed by atoms with van der Waals surface area (Å²) in [5, 5.41) is 8.71. The molecule has 3 nitrogen and oxygen atoms in total. The van der Waals surface area contributed by atoms with Crippen LogP contribution in [0.3, 0.4) is 0 Å². The van der Waals surface area contributed by atoms with Crippen LogP contribution in [0.15, 0.2) is 24.3 Å². The first-order valence-corrected chi connectivity index (χ1v) is 7.77. The van der Waals surface area contributed by atoms with Crippen LogP contribution >= 0.6 is 0 Å². The Morgan fingerprint density at radius 1 is 1.00 bits per heavy atom. The largest absolute Gasteiger partial charge is 0.494 e. The molecule has 1 aromatic carbocycles. The zero-order valence-corrected chi connectivity index (χ0v) is 13.0. The van der Waals surface area contributed by atoms with Gasteiger partial charge in [0.2, 0.25) is 0 Å². The van der Waals surface area contributed by atoms with Crippen LogP contribution in [0.1, 0.15) is 44.6 Å². The third-order valence-electron chi connectivity index (χ3n) is 3.38. The van der Waals surface area contributed by atoms with Crippen molar-refractivity contribution >= 4 is 0 Å². The molecule has 0 aliphatic carbocycles. The Hall–Kier alpha value is -1.06. The molecule has 0 aliphatic rings. The Bertz CT molecular complexity index is 337. The van der Waals surface area contributed by atoms with Gasteiger partial charge < -0.3 is 14.7 Å². The Morgan fingerprint density at radius 3 is 2.30 bits per heavy atom. The van der Waals surface area contributed by atoms with Crippen LogP contribution in [0.2, 0.25) is 0 Å². The number of hydrogen-bond donors (Lipinski definition) is 1. The number of ether oxygens (including phenoxy) is 1. The number of nitrogens with zero attached hydrogens (tertiary/aromatic N) is 1. The lowest BCUT2D eigenvalue weighted by atomic mass is 10.1. The fourth-order valence-electron chi connectivity index (χ4n) is 2.27. The number of benzene rings is 1. The minimum atomic E-state index is 0.331. The highest BCUT2D eigenvalue weighted by Gasteiger charge is 2.01. The van der Waals surface area contributed by atoms with Crippen molar-refractivity contribution in [3.8, 4) is 5.75 Å². The molecule has 0 aliphatic heterocycles. The van der Waals surface area contributed by atoms with Gasteiger partial charge in [0.25, 0.3) is 0 Å². The van der Waals surface area contributed by atoms with E-state index in [-0.39, 0.29) is 0 Å². The topological polar surface area (TPSA) is 32.7 Å². The van der Waals surface area contributed by atoms with E-state index < -0.39 is 0 Å². The molecule has 0 saturated heterocycles. The first-order chi connectivity index (χ1) is 9.76. The lowest BCUT2D eigenvalue weighted by molar-refractivity contribution is 0.280. The molecule has 1 aromatic rings. The highest BCUT2D eigenvalue weighted by molar-refractivity contribution is 5.27. The van der Waals surface area contributed by atoms with Crippen LogP contribution in [0.4, 0.5) is 0 Å². The second kappa shape index (κ2) is 10.7. The SMILES string of the molecule is CCOc1ccc(CN(C)CCCCCCCO)cc1. The molecule has 0 fully saturated rings. The van der Waals surface area contributed by atoms with Crippen molar-refractivity contribution in [2.75, 3.05) is 26.8 Å². The third kappa shape index (κ3) is 7.51. The normalized spacial score (nSPS) is 11.0. The molecular weight excluding hydrogens is 250 g/mol. The lowest BCUT2D eigenvalue weighted by Gasteiger charge is -2.16. The summed E-state index contributed by atoms with van der Waals surface area (Å²) in [5.74, 6) is 0.947. The van der Waals surface area contributed by atoms with E-state index in [9.17, 15) is 0 Å². The van der Waals surface area contributed by atoms with E-state index >= 15 is 0 Å². The van der Waals surface area contributed by atoms with Crippen LogP contribution < -0.4 is 4.74 Å². The second-order valence-corrected chi connectivity index (χ2v) is 5.31. The third-order valence-corrected chi connectivity index (χ3v) is 3.38. The summed E-state index contributed by atoms with van der Waals surface area (Å²) in [6, 6.07) is 8.37. The molecule has 0 heterocycles. The maximum absolute atomic E-state index is 8.71. The van der Waals surface area contributed by atoms with E-state index in [2.05, 4.69) is 24.1 Å². The van der Waals surface area contributed by atoms with Crippen LogP contribution in [0, 0.1) is 0 Å². The molecule has 0 radical (unpaired) electrons. The van der Waals surface area contributed by atoms with Gasteiger partial charge in [0, 0.05) is 13.2 Å². The lowest BCUT2D eigenvalue weighted by Crippen LogP contribution is -2.19. The maximum atomic E-state index is 8.71. The predicted molar refractivity (Wildman–Crippen MR) is 84.1 cm³/mol. The van der Waals surface area contributed by atoms with Crippen molar-refractivity contribution in [1.82, 2.24) is 4.90 Å². The Morgan fingerprint density at radius 2 is 1.65 bits per heavy atom. The molecule has 0 bridgehead atoms. The molecule has 20 heavy (non-hydrogen) atoms. The smallest absolute Gasteiger partial charge is 0.119 e. The van der Waals surface area contributed by atoms with Crippen molar-refractivity contribution in [2.24, 2.45) is 0 Å². The van der Waals surface area contributed by atoms with Gasteiger partial charge in [0.1, 0.15) is 5.75 Å². The van der Waals surface area contributed by atoms with E-state index in [1.54, 1.807) is 0 Å². The van der Waals surface area contributed by atoms with Crippen molar-refractivity contribution in [1.29, 1.82) is 0 Å². The quantitative estimate of drug-likeness (QED) is 0.630.